The van der Waals surface area contributed by atoms with Gasteiger partial charge in [-0.15, -0.1) is 0 Å². The molecule has 3 nitrogen and oxygen atoms in total. The van der Waals surface area contributed by atoms with Crippen molar-refractivity contribution in [1.82, 2.24) is 0 Å². The van der Waals surface area contributed by atoms with E-state index in [2.05, 4.69) is 10.2 Å². The lowest BCUT2D eigenvalue weighted by molar-refractivity contribution is -0.143. The zero-order valence-electron chi connectivity index (χ0n) is 16.0. The zero-order chi connectivity index (χ0) is 22.1. The van der Waals surface area contributed by atoms with Gasteiger partial charge in [0.15, 0.2) is 0 Å². The second-order valence-electron chi connectivity index (χ2n) is 6.70. The van der Waals surface area contributed by atoms with Crippen LogP contribution in [-0.2, 0) is 20.9 Å². The molecule has 0 heterocycles. The van der Waals surface area contributed by atoms with E-state index in [1.807, 2.05) is 0 Å². The molecule has 2 aromatic rings. The van der Waals surface area contributed by atoms with Crippen LogP contribution in [0.5, 0.6) is 0 Å². The molecule has 0 aliphatic carbocycles. The van der Waals surface area contributed by atoms with Gasteiger partial charge in [-0.3, -0.25) is 4.79 Å². The summed E-state index contributed by atoms with van der Waals surface area (Å²) in [6.07, 6.45) is -5.65. The van der Waals surface area contributed by atoms with Gasteiger partial charge >= 0.3 is 12.1 Å². The number of hydrogen-bond donors (Lipinski definition) is 1. The summed E-state index contributed by atoms with van der Waals surface area (Å²) in [5.74, 6) is -3.05. The highest BCUT2D eigenvalue weighted by Crippen LogP contribution is 2.40. The SMILES string of the molecule is CCOC(=O)CC(N)([Si])c1cc(-c2c(C)ccc(F)c2C)cc(C(F)(F)F)c1F. The van der Waals surface area contributed by atoms with E-state index >= 15 is 0 Å². The Balaban J connectivity index is 2.78. The van der Waals surface area contributed by atoms with Crippen LogP contribution in [0.15, 0.2) is 24.3 Å². The number of halogens is 5. The summed E-state index contributed by atoms with van der Waals surface area (Å²) < 4.78 is 74.2. The summed E-state index contributed by atoms with van der Waals surface area (Å²) in [5, 5.41) is -1.97. The lowest BCUT2D eigenvalue weighted by atomic mass is 9.90. The Labute approximate surface area is 168 Å². The van der Waals surface area contributed by atoms with Gasteiger partial charge in [0.1, 0.15) is 11.6 Å². The van der Waals surface area contributed by atoms with E-state index in [1.165, 1.54) is 19.1 Å². The molecule has 0 aliphatic heterocycles. The average molecular weight is 428 g/mol. The van der Waals surface area contributed by atoms with Crippen molar-refractivity contribution in [3.63, 3.8) is 0 Å². The predicted molar refractivity (Wildman–Crippen MR) is 99.1 cm³/mol. The standard InChI is InChI=1S/C20H19F5NO2Si/c1-4-28-16(27)9-19(26,29)13-7-12(8-14(18(13)22)20(23,24)25)17-10(2)5-6-15(21)11(17)3/h5-8H,4,9,26H2,1-3H3. The normalized spacial score (nSPS) is 13.9. The lowest BCUT2D eigenvalue weighted by Crippen LogP contribution is -2.41. The third-order valence-corrected chi connectivity index (χ3v) is 4.93. The lowest BCUT2D eigenvalue weighted by Gasteiger charge is -2.27. The van der Waals surface area contributed by atoms with Crippen molar-refractivity contribution in [3.8, 4) is 11.1 Å². The molecule has 0 saturated carbocycles. The summed E-state index contributed by atoms with van der Waals surface area (Å²) in [4.78, 5) is 11.8. The fraction of sp³-hybridized carbons (Fsp3) is 0.350. The van der Waals surface area contributed by atoms with Gasteiger partial charge in [0.05, 0.1) is 28.8 Å². The molecule has 155 valence electrons. The highest BCUT2D eigenvalue weighted by atomic mass is 28.1. The number of carbonyl (C=O) groups excluding carboxylic acids is 1. The van der Waals surface area contributed by atoms with Crippen LogP contribution in [-0.4, -0.2) is 22.8 Å². The number of carbonyl (C=O) groups is 1. The zero-order valence-corrected chi connectivity index (χ0v) is 17.0. The highest BCUT2D eigenvalue weighted by molar-refractivity contribution is 6.17. The fourth-order valence-electron chi connectivity index (χ4n) is 3.10. The van der Waals surface area contributed by atoms with Crippen LogP contribution < -0.4 is 5.73 Å². The number of alkyl halides is 3. The first-order chi connectivity index (χ1) is 13.3. The number of benzene rings is 2. The first kappa shape index (κ1) is 23.0. The van der Waals surface area contributed by atoms with Crippen LogP contribution in [0.3, 0.4) is 0 Å². The van der Waals surface area contributed by atoms with E-state index in [1.54, 1.807) is 13.8 Å². The molecular formula is C20H19F5NO2Si. The van der Waals surface area contributed by atoms with E-state index in [4.69, 9.17) is 10.5 Å². The Hall–Kier alpha value is -2.26. The second-order valence-corrected chi connectivity index (χ2v) is 7.59. The van der Waals surface area contributed by atoms with Crippen molar-refractivity contribution in [2.45, 2.75) is 38.5 Å². The van der Waals surface area contributed by atoms with E-state index in [9.17, 15) is 26.7 Å². The minimum atomic E-state index is -5.03. The van der Waals surface area contributed by atoms with Crippen LogP contribution in [0, 0.1) is 25.5 Å². The van der Waals surface area contributed by atoms with Gasteiger partial charge in [-0.1, -0.05) is 6.07 Å². The minimum absolute atomic E-state index is 0.0269. The van der Waals surface area contributed by atoms with Gasteiger partial charge in [0, 0.05) is 10.7 Å². The van der Waals surface area contributed by atoms with Crippen LogP contribution >= 0.6 is 0 Å². The monoisotopic (exact) mass is 428 g/mol. The Morgan fingerprint density at radius 2 is 1.72 bits per heavy atom. The molecular weight excluding hydrogens is 409 g/mol. The van der Waals surface area contributed by atoms with Crippen molar-refractivity contribution >= 4 is 16.2 Å². The molecule has 1 unspecified atom stereocenters. The molecule has 0 aliphatic rings. The Morgan fingerprint density at radius 3 is 2.28 bits per heavy atom. The van der Waals surface area contributed by atoms with E-state index in [0.29, 0.717) is 11.6 Å². The molecule has 1 atom stereocenters. The maximum Gasteiger partial charge on any atom is 0.419 e. The van der Waals surface area contributed by atoms with Crippen LogP contribution in [0.4, 0.5) is 22.0 Å². The molecule has 2 rings (SSSR count). The Morgan fingerprint density at radius 1 is 1.14 bits per heavy atom. The third kappa shape index (κ3) is 4.84. The van der Waals surface area contributed by atoms with Crippen LogP contribution in [0.25, 0.3) is 11.1 Å². The molecule has 29 heavy (non-hydrogen) atoms. The fourth-order valence-corrected chi connectivity index (χ4v) is 3.43. The van der Waals surface area contributed by atoms with E-state index in [-0.39, 0.29) is 23.3 Å². The maximum atomic E-state index is 14.8. The van der Waals surface area contributed by atoms with Crippen LogP contribution in [0.1, 0.15) is 35.6 Å². The minimum Gasteiger partial charge on any atom is -0.466 e. The molecule has 2 aromatic carbocycles. The maximum absolute atomic E-state index is 14.8. The van der Waals surface area contributed by atoms with E-state index < -0.39 is 46.5 Å². The van der Waals surface area contributed by atoms with Crippen molar-refractivity contribution in [3.05, 3.63) is 58.2 Å². The van der Waals surface area contributed by atoms with Crippen LogP contribution in [0.2, 0.25) is 0 Å². The van der Waals surface area contributed by atoms with Crippen molar-refractivity contribution in [2.75, 3.05) is 6.61 Å². The summed E-state index contributed by atoms with van der Waals surface area (Å²) in [6.45, 7) is 4.58. The average Bonchev–Trinajstić information content (AvgIpc) is 2.58. The molecule has 2 N–H and O–H groups in total. The van der Waals surface area contributed by atoms with Gasteiger partial charge < -0.3 is 10.5 Å². The molecule has 0 spiro atoms. The van der Waals surface area contributed by atoms with Gasteiger partial charge in [0.25, 0.3) is 0 Å². The molecule has 3 radical (unpaired) electrons. The summed E-state index contributed by atoms with van der Waals surface area (Å²) in [5.41, 5.74) is 4.54. The van der Waals surface area contributed by atoms with Gasteiger partial charge in [-0.2, -0.15) is 13.2 Å². The van der Waals surface area contributed by atoms with Crippen molar-refractivity contribution in [1.29, 1.82) is 0 Å². The summed E-state index contributed by atoms with van der Waals surface area (Å²) >= 11 is 0. The van der Waals surface area contributed by atoms with Gasteiger partial charge in [-0.05, 0) is 61.2 Å². The molecule has 0 bridgehead atoms. The van der Waals surface area contributed by atoms with Crippen molar-refractivity contribution < 1.29 is 31.5 Å². The second kappa shape index (κ2) is 8.23. The first-order valence-electron chi connectivity index (χ1n) is 8.66. The molecule has 0 aromatic heterocycles. The number of hydrogen-bond acceptors (Lipinski definition) is 3. The Kier molecular flexibility index (Phi) is 6.54. The number of rotatable bonds is 5. The van der Waals surface area contributed by atoms with Crippen molar-refractivity contribution in [2.24, 2.45) is 5.73 Å². The highest BCUT2D eigenvalue weighted by Gasteiger charge is 2.39. The Bertz CT molecular complexity index is 941. The number of ether oxygens (including phenoxy) is 1. The molecule has 9 heteroatoms. The number of aryl methyl sites for hydroxylation is 1. The molecule has 0 amide bonds. The molecule has 0 saturated heterocycles. The third-order valence-electron chi connectivity index (χ3n) is 4.48. The smallest absolute Gasteiger partial charge is 0.419 e. The summed E-state index contributed by atoms with van der Waals surface area (Å²) in [6, 6.07) is 4.31. The summed E-state index contributed by atoms with van der Waals surface area (Å²) in [7, 11) is 3.03. The number of esters is 1. The predicted octanol–water partition coefficient (Wildman–Crippen LogP) is 4.50. The molecule has 0 fully saturated rings. The quantitative estimate of drug-likeness (QED) is 0.433. The van der Waals surface area contributed by atoms with Gasteiger partial charge in [0.2, 0.25) is 0 Å². The van der Waals surface area contributed by atoms with E-state index in [0.717, 1.165) is 6.07 Å². The number of nitrogens with two attached hydrogens (primary N) is 1. The first-order valence-corrected chi connectivity index (χ1v) is 9.16. The topological polar surface area (TPSA) is 52.3 Å². The van der Waals surface area contributed by atoms with Gasteiger partial charge in [-0.25, -0.2) is 8.78 Å². The largest absolute Gasteiger partial charge is 0.466 e.